The molecule has 0 aliphatic rings. The molecule has 140 valence electrons. The van der Waals surface area contributed by atoms with Crippen LogP contribution < -0.4 is 15.4 Å². The number of hydrogen-bond donors (Lipinski definition) is 3. The van der Waals surface area contributed by atoms with Gasteiger partial charge in [0.05, 0.1) is 25.6 Å². The van der Waals surface area contributed by atoms with Gasteiger partial charge in [0.25, 0.3) is 0 Å². The molecule has 1 aromatic carbocycles. The van der Waals surface area contributed by atoms with E-state index in [1.54, 1.807) is 53.9 Å². The minimum atomic E-state index is -1.57. The second kappa shape index (κ2) is 8.07. The maximum absolute atomic E-state index is 12.2. The fourth-order valence-corrected chi connectivity index (χ4v) is 3.37. The average molecular weight is 386 g/mol. The Balaban J connectivity index is 1.70. The summed E-state index contributed by atoms with van der Waals surface area (Å²) in [6.07, 6.45) is 1.43. The van der Waals surface area contributed by atoms with E-state index in [0.29, 0.717) is 16.3 Å². The molecule has 0 fully saturated rings. The topological polar surface area (TPSA) is 101 Å². The van der Waals surface area contributed by atoms with E-state index in [1.165, 1.54) is 24.7 Å². The highest BCUT2D eigenvalue weighted by Gasteiger charge is 2.36. The minimum absolute atomic E-state index is 0.223. The molecule has 0 unspecified atom stereocenters. The van der Waals surface area contributed by atoms with Crippen molar-refractivity contribution in [3.63, 3.8) is 0 Å². The molecule has 8 heteroatoms. The number of carbonyl (C=O) groups is 2. The van der Waals surface area contributed by atoms with Gasteiger partial charge < -0.3 is 24.9 Å². The van der Waals surface area contributed by atoms with Gasteiger partial charge in [-0.05, 0) is 35.7 Å². The van der Waals surface area contributed by atoms with Crippen LogP contribution in [-0.4, -0.2) is 30.6 Å². The molecule has 27 heavy (non-hydrogen) atoms. The first-order chi connectivity index (χ1) is 13.0. The van der Waals surface area contributed by atoms with Gasteiger partial charge >= 0.3 is 11.8 Å². The summed E-state index contributed by atoms with van der Waals surface area (Å²) >= 11 is 1.32. The van der Waals surface area contributed by atoms with Gasteiger partial charge in [0.15, 0.2) is 5.60 Å². The highest BCUT2D eigenvalue weighted by atomic mass is 32.1. The maximum Gasteiger partial charge on any atom is 0.313 e. The molecule has 3 aromatic rings. The molecular weight excluding hydrogens is 368 g/mol. The number of ether oxygens (including phenoxy) is 1. The summed E-state index contributed by atoms with van der Waals surface area (Å²) in [5.41, 5.74) is -1.20. The van der Waals surface area contributed by atoms with Crippen molar-refractivity contribution in [1.82, 2.24) is 5.32 Å². The van der Waals surface area contributed by atoms with Crippen molar-refractivity contribution >= 4 is 28.8 Å². The number of amides is 2. The average Bonchev–Trinajstić information content (AvgIpc) is 3.40. The monoisotopic (exact) mass is 386 g/mol. The Labute approximate surface area is 159 Å². The number of furan rings is 1. The summed E-state index contributed by atoms with van der Waals surface area (Å²) in [5.74, 6) is -1.05. The van der Waals surface area contributed by atoms with E-state index < -0.39 is 17.4 Å². The molecular formula is C19H18N2O5S. The number of methoxy groups -OCH3 is 1. The lowest BCUT2D eigenvalue weighted by Gasteiger charge is -2.25. The summed E-state index contributed by atoms with van der Waals surface area (Å²) in [6, 6.07) is 13.5. The first-order valence-corrected chi connectivity index (χ1v) is 8.95. The molecule has 1 atom stereocenters. The number of anilines is 1. The van der Waals surface area contributed by atoms with Crippen LogP contribution in [-0.2, 0) is 15.2 Å². The van der Waals surface area contributed by atoms with Gasteiger partial charge in [-0.15, -0.1) is 11.3 Å². The van der Waals surface area contributed by atoms with E-state index in [-0.39, 0.29) is 12.3 Å². The van der Waals surface area contributed by atoms with Crippen molar-refractivity contribution in [2.45, 2.75) is 5.60 Å². The molecule has 3 N–H and O–H groups in total. The molecule has 0 bridgehead atoms. The Morgan fingerprint density at radius 3 is 2.63 bits per heavy atom. The van der Waals surface area contributed by atoms with Crippen molar-refractivity contribution in [2.24, 2.45) is 0 Å². The smallest absolute Gasteiger partial charge is 0.313 e. The standard InChI is InChI=1S/C19H18N2O5S/c1-25-14-7-3-2-6-13(14)21-18(23)17(22)20-12-19(24,15-8-4-10-26-15)16-9-5-11-27-16/h2-11,24H,12H2,1H3,(H,20,22)(H,21,23)/t19-/m0/s1. The zero-order chi connectivity index (χ0) is 19.3. The van der Waals surface area contributed by atoms with Crippen molar-refractivity contribution in [2.75, 3.05) is 19.0 Å². The van der Waals surface area contributed by atoms with Gasteiger partial charge in [-0.25, -0.2) is 0 Å². The van der Waals surface area contributed by atoms with Crippen molar-refractivity contribution in [3.05, 3.63) is 70.8 Å². The molecule has 2 aromatic heterocycles. The second-order valence-electron chi connectivity index (χ2n) is 5.65. The maximum atomic E-state index is 12.2. The Hall–Kier alpha value is -3.10. The molecule has 3 rings (SSSR count). The van der Waals surface area contributed by atoms with Gasteiger partial charge in [-0.2, -0.15) is 0 Å². The molecule has 0 saturated carbocycles. The molecule has 2 heterocycles. The van der Waals surface area contributed by atoms with Crippen molar-refractivity contribution < 1.29 is 23.8 Å². The molecule has 0 spiro atoms. The summed E-state index contributed by atoms with van der Waals surface area (Å²) in [4.78, 5) is 25.0. The van der Waals surface area contributed by atoms with Gasteiger partial charge in [0.1, 0.15) is 11.5 Å². The third kappa shape index (κ3) is 4.02. The predicted octanol–water partition coefficient (Wildman–Crippen LogP) is 2.34. The van der Waals surface area contributed by atoms with Crippen molar-refractivity contribution in [3.8, 4) is 5.75 Å². The zero-order valence-corrected chi connectivity index (χ0v) is 15.3. The molecule has 0 saturated heterocycles. The lowest BCUT2D eigenvalue weighted by molar-refractivity contribution is -0.136. The number of nitrogens with one attached hydrogen (secondary N) is 2. The van der Waals surface area contributed by atoms with E-state index in [2.05, 4.69) is 10.6 Å². The van der Waals surface area contributed by atoms with E-state index in [1.807, 2.05) is 0 Å². The number of carbonyl (C=O) groups excluding carboxylic acids is 2. The Morgan fingerprint density at radius 2 is 1.96 bits per heavy atom. The quantitative estimate of drug-likeness (QED) is 0.565. The van der Waals surface area contributed by atoms with Crippen LogP contribution >= 0.6 is 11.3 Å². The summed E-state index contributed by atoms with van der Waals surface area (Å²) in [7, 11) is 1.47. The largest absolute Gasteiger partial charge is 0.495 e. The van der Waals surface area contributed by atoms with Crippen LogP contribution in [0.25, 0.3) is 0 Å². The second-order valence-corrected chi connectivity index (χ2v) is 6.60. The molecule has 2 amide bonds. The third-order valence-electron chi connectivity index (χ3n) is 3.92. The van der Waals surface area contributed by atoms with Crippen molar-refractivity contribution in [1.29, 1.82) is 0 Å². The molecule has 0 aliphatic heterocycles. The van der Waals surface area contributed by atoms with Crippen LogP contribution in [0.1, 0.15) is 10.6 Å². The van der Waals surface area contributed by atoms with E-state index in [0.717, 1.165) is 0 Å². The van der Waals surface area contributed by atoms with Crippen LogP contribution in [0.2, 0.25) is 0 Å². The fourth-order valence-electron chi connectivity index (χ4n) is 2.54. The van der Waals surface area contributed by atoms with E-state index in [9.17, 15) is 14.7 Å². The van der Waals surface area contributed by atoms with Gasteiger partial charge in [-0.1, -0.05) is 18.2 Å². The van der Waals surface area contributed by atoms with Crippen LogP contribution in [0.5, 0.6) is 5.75 Å². The van der Waals surface area contributed by atoms with Gasteiger partial charge in [0, 0.05) is 4.88 Å². The summed E-state index contributed by atoms with van der Waals surface area (Å²) in [6.45, 7) is -0.223. The lowest BCUT2D eigenvalue weighted by atomic mass is 9.98. The number of hydrogen-bond acceptors (Lipinski definition) is 6. The first-order valence-electron chi connectivity index (χ1n) is 8.07. The Morgan fingerprint density at radius 1 is 1.15 bits per heavy atom. The third-order valence-corrected chi connectivity index (χ3v) is 4.94. The van der Waals surface area contributed by atoms with Crippen LogP contribution in [0.15, 0.2) is 64.6 Å². The molecule has 7 nitrogen and oxygen atoms in total. The highest BCUT2D eigenvalue weighted by molar-refractivity contribution is 7.10. The molecule has 0 aliphatic carbocycles. The number of rotatable bonds is 6. The molecule has 0 radical (unpaired) electrons. The van der Waals surface area contributed by atoms with E-state index in [4.69, 9.17) is 9.15 Å². The summed E-state index contributed by atoms with van der Waals surface area (Å²) in [5, 5.41) is 17.8. The number of aliphatic hydroxyl groups is 1. The normalized spacial score (nSPS) is 12.8. The minimum Gasteiger partial charge on any atom is -0.495 e. The lowest BCUT2D eigenvalue weighted by Crippen LogP contribution is -2.44. The van der Waals surface area contributed by atoms with E-state index >= 15 is 0 Å². The predicted molar refractivity (Wildman–Crippen MR) is 101 cm³/mol. The fraction of sp³-hybridized carbons (Fsp3) is 0.158. The number of benzene rings is 1. The first kappa shape index (κ1) is 18.7. The van der Waals surface area contributed by atoms with Gasteiger partial charge in [-0.3, -0.25) is 9.59 Å². The SMILES string of the molecule is COc1ccccc1NC(=O)C(=O)NC[C@](O)(c1ccco1)c1cccs1. The Kier molecular flexibility index (Phi) is 5.58. The van der Waals surface area contributed by atoms with Gasteiger partial charge in [0.2, 0.25) is 0 Å². The number of para-hydroxylation sites is 2. The number of thiophene rings is 1. The van der Waals surface area contributed by atoms with Crippen LogP contribution in [0.3, 0.4) is 0 Å². The zero-order valence-electron chi connectivity index (χ0n) is 14.5. The van der Waals surface area contributed by atoms with Crippen LogP contribution in [0, 0.1) is 0 Å². The highest BCUT2D eigenvalue weighted by Crippen LogP contribution is 2.32. The Bertz CT molecular complexity index is 872. The van der Waals surface area contributed by atoms with Crippen LogP contribution in [0.4, 0.5) is 5.69 Å². The summed E-state index contributed by atoms with van der Waals surface area (Å²) < 4.78 is 10.5.